The predicted molar refractivity (Wildman–Crippen MR) is 105 cm³/mol. The second-order valence-electron chi connectivity index (χ2n) is 6.10. The van der Waals surface area contributed by atoms with E-state index in [9.17, 15) is 4.79 Å². The highest BCUT2D eigenvalue weighted by atomic mass is 16.5. The Bertz CT molecular complexity index is 773. The van der Waals surface area contributed by atoms with Crippen molar-refractivity contribution in [2.45, 2.75) is 53.2 Å². The molecule has 0 aliphatic carbocycles. The van der Waals surface area contributed by atoms with Crippen molar-refractivity contribution < 1.29 is 19.0 Å². The molecule has 1 aromatic heterocycles. The van der Waals surface area contributed by atoms with Crippen molar-refractivity contribution in [3.63, 3.8) is 0 Å². The highest BCUT2D eigenvalue weighted by Gasteiger charge is 2.08. The summed E-state index contributed by atoms with van der Waals surface area (Å²) in [5.74, 6) is 1.42. The topological polar surface area (TPSA) is 88.4 Å². The molecule has 0 saturated heterocycles. The fourth-order valence-electron chi connectivity index (χ4n) is 2.40. The van der Waals surface area contributed by atoms with Gasteiger partial charge in [-0.15, -0.1) is 5.10 Å². The summed E-state index contributed by atoms with van der Waals surface area (Å²) >= 11 is 0. The zero-order valence-corrected chi connectivity index (χ0v) is 16.8. The fourth-order valence-corrected chi connectivity index (χ4v) is 2.40. The average Bonchev–Trinajstić information content (AvgIpc) is 3.14. The molecule has 1 aromatic carbocycles. The number of hydrogen-bond acceptors (Lipinski definition) is 7. The van der Waals surface area contributed by atoms with Crippen molar-refractivity contribution in [2.24, 2.45) is 0 Å². The Morgan fingerprint density at radius 2 is 2.00 bits per heavy atom. The van der Waals surface area contributed by atoms with Crippen LogP contribution in [-0.4, -0.2) is 39.4 Å². The van der Waals surface area contributed by atoms with E-state index < -0.39 is 5.97 Å². The lowest BCUT2D eigenvalue weighted by atomic mass is 10.2. The number of benzene rings is 1. The van der Waals surface area contributed by atoms with Gasteiger partial charge in [-0.2, -0.15) is 0 Å². The molecular weight excluding hydrogens is 360 g/mol. The average molecular weight is 388 g/mol. The number of ether oxygens (including phenoxy) is 3. The number of unbranched alkanes of at least 4 members (excludes halogenated alkanes) is 1. The maximum Gasteiger partial charge on any atom is 0.331 e. The summed E-state index contributed by atoms with van der Waals surface area (Å²) in [7, 11) is 0. The smallest absolute Gasteiger partial charge is 0.331 e. The van der Waals surface area contributed by atoms with Crippen molar-refractivity contribution in [3.05, 3.63) is 35.7 Å². The summed E-state index contributed by atoms with van der Waals surface area (Å²) in [6.45, 7) is 7.96. The number of hydrogen-bond donors (Lipinski definition) is 0. The van der Waals surface area contributed by atoms with Crippen LogP contribution in [0.5, 0.6) is 11.5 Å². The van der Waals surface area contributed by atoms with Crippen LogP contribution >= 0.6 is 0 Å². The third kappa shape index (κ3) is 6.68. The molecular formula is C20H28N4O4. The van der Waals surface area contributed by atoms with Gasteiger partial charge in [-0.1, -0.05) is 26.3 Å². The van der Waals surface area contributed by atoms with Crippen LogP contribution in [0.25, 0.3) is 6.08 Å². The van der Waals surface area contributed by atoms with Crippen molar-refractivity contribution >= 4 is 12.0 Å². The Balaban J connectivity index is 1.95. The van der Waals surface area contributed by atoms with Gasteiger partial charge >= 0.3 is 5.97 Å². The number of nitrogens with zero attached hydrogens (tertiary/aromatic N) is 4. The number of aryl methyl sites for hydroxylation is 1. The maximum absolute atomic E-state index is 12.0. The van der Waals surface area contributed by atoms with E-state index in [2.05, 4.69) is 22.4 Å². The Hall–Kier alpha value is -2.90. The van der Waals surface area contributed by atoms with E-state index in [4.69, 9.17) is 14.2 Å². The number of rotatable bonds is 12. The summed E-state index contributed by atoms with van der Waals surface area (Å²) < 4.78 is 18.3. The van der Waals surface area contributed by atoms with Gasteiger partial charge in [-0.25, -0.2) is 9.48 Å². The molecule has 1 heterocycles. The first-order chi connectivity index (χ1) is 13.7. The molecule has 0 amide bonds. The van der Waals surface area contributed by atoms with Gasteiger partial charge in [-0.3, -0.25) is 0 Å². The Morgan fingerprint density at radius 3 is 2.75 bits per heavy atom. The molecule has 0 bridgehead atoms. The molecule has 0 N–H and O–H groups in total. The monoisotopic (exact) mass is 388 g/mol. The molecule has 0 radical (unpaired) electrons. The van der Waals surface area contributed by atoms with E-state index in [0.29, 0.717) is 37.1 Å². The van der Waals surface area contributed by atoms with Gasteiger partial charge in [0.15, 0.2) is 23.9 Å². The highest BCUT2D eigenvalue weighted by Crippen LogP contribution is 2.29. The SMILES string of the molecule is CCCCOc1ccc(/C=C/C(=O)OCc2nnnn2CCC)cc1OCC. The standard InChI is InChI=1S/C20H28N4O4/c1-4-7-13-27-17-10-8-16(14-18(17)26-6-3)9-11-20(25)28-15-19-21-22-23-24(19)12-5-2/h8-11,14H,4-7,12-13,15H2,1-3H3/b11-9+. The first-order valence-corrected chi connectivity index (χ1v) is 9.67. The van der Waals surface area contributed by atoms with Crippen LogP contribution < -0.4 is 9.47 Å². The van der Waals surface area contributed by atoms with E-state index >= 15 is 0 Å². The molecule has 0 atom stereocenters. The molecule has 2 rings (SSSR count). The molecule has 0 fully saturated rings. The van der Waals surface area contributed by atoms with Crippen LogP contribution in [0.2, 0.25) is 0 Å². The number of carbonyl (C=O) groups is 1. The summed E-state index contributed by atoms with van der Waals surface area (Å²) in [4.78, 5) is 12.0. The third-order valence-corrected chi connectivity index (χ3v) is 3.82. The molecule has 0 unspecified atom stereocenters. The van der Waals surface area contributed by atoms with E-state index in [1.807, 2.05) is 32.0 Å². The fraction of sp³-hybridized carbons (Fsp3) is 0.500. The lowest BCUT2D eigenvalue weighted by Gasteiger charge is -2.12. The zero-order chi connectivity index (χ0) is 20.2. The summed E-state index contributed by atoms with van der Waals surface area (Å²) in [5, 5.41) is 11.3. The molecule has 0 spiro atoms. The Morgan fingerprint density at radius 1 is 1.14 bits per heavy atom. The summed E-state index contributed by atoms with van der Waals surface area (Å²) in [6.07, 6.45) is 6.00. The lowest BCUT2D eigenvalue weighted by molar-refractivity contribution is -0.139. The van der Waals surface area contributed by atoms with Crippen molar-refractivity contribution in [1.29, 1.82) is 0 Å². The minimum absolute atomic E-state index is 0.0323. The first kappa shape index (κ1) is 21.4. The molecule has 2 aromatic rings. The zero-order valence-electron chi connectivity index (χ0n) is 16.8. The number of tetrazole rings is 1. The largest absolute Gasteiger partial charge is 0.490 e. The predicted octanol–water partition coefficient (Wildman–Crippen LogP) is 3.42. The van der Waals surface area contributed by atoms with Crippen molar-refractivity contribution in [3.8, 4) is 11.5 Å². The highest BCUT2D eigenvalue weighted by molar-refractivity contribution is 5.87. The van der Waals surface area contributed by atoms with Gasteiger partial charge in [0.05, 0.1) is 13.2 Å². The molecule has 28 heavy (non-hydrogen) atoms. The maximum atomic E-state index is 12.0. The van der Waals surface area contributed by atoms with E-state index in [-0.39, 0.29) is 6.61 Å². The Labute approximate surface area is 165 Å². The summed E-state index contributed by atoms with van der Waals surface area (Å²) in [5.41, 5.74) is 0.819. The van der Waals surface area contributed by atoms with Gasteiger partial charge in [0, 0.05) is 12.6 Å². The minimum Gasteiger partial charge on any atom is -0.490 e. The number of aromatic nitrogens is 4. The van der Waals surface area contributed by atoms with Crippen LogP contribution in [0.3, 0.4) is 0 Å². The van der Waals surface area contributed by atoms with Crippen LogP contribution in [0.1, 0.15) is 51.4 Å². The molecule has 8 heteroatoms. The van der Waals surface area contributed by atoms with Crippen LogP contribution in [0, 0.1) is 0 Å². The summed E-state index contributed by atoms with van der Waals surface area (Å²) in [6, 6.07) is 5.57. The quantitative estimate of drug-likeness (QED) is 0.313. The normalized spacial score (nSPS) is 11.0. The van der Waals surface area contributed by atoms with E-state index in [1.54, 1.807) is 10.8 Å². The second-order valence-corrected chi connectivity index (χ2v) is 6.10. The molecule has 0 aliphatic rings. The second kappa shape index (κ2) is 11.7. The lowest BCUT2D eigenvalue weighted by Crippen LogP contribution is -2.09. The van der Waals surface area contributed by atoms with Gasteiger partial charge in [0.2, 0.25) is 0 Å². The van der Waals surface area contributed by atoms with Gasteiger partial charge < -0.3 is 14.2 Å². The van der Waals surface area contributed by atoms with Gasteiger partial charge in [0.1, 0.15) is 0 Å². The minimum atomic E-state index is -0.465. The molecule has 0 aliphatic heterocycles. The van der Waals surface area contributed by atoms with Gasteiger partial charge in [-0.05, 0) is 54.0 Å². The van der Waals surface area contributed by atoms with Crippen molar-refractivity contribution in [1.82, 2.24) is 20.2 Å². The molecule has 8 nitrogen and oxygen atoms in total. The van der Waals surface area contributed by atoms with Gasteiger partial charge in [0.25, 0.3) is 0 Å². The molecule has 0 saturated carbocycles. The Kier molecular flexibility index (Phi) is 8.97. The van der Waals surface area contributed by atoms with Crippen LogP contribution in [-0.2, 0) is 22.7 Å². The third-order valence-electron chi connectivity index (χ3n) is 3.82. The number of carbonyl (C=O) groups excluding carboxylic acids is 1. The number of esters is 1. The van der Waals surface area contributed by atoms with Crippen LogP contribution in [0.15, 0.2) is 24.3 Å². The van der Waals surface area contributed by atoms with E-state index in [0.717, 1.165) is 24.8 Å². The first-order valence-electron chi connectivity index (χ1n) is 9.67. The van der Waals surface area contributed by atoms with E-state index in [1.165, 1.54) is 6.08 Å². The van der Waals surface area contributed by atoms with Crippen molar-refractivity contribution in [2.75, 3.05) is 13.2 Å². The molecule has 152 valence electrons. The van der Waals surface area contributed by atoms with Crippen LogP contribution in [0.4, 0.5) is 0 Å².